The molecule has 1 saturated heterocycles. The van der Waals surface area contributed by atoms with Gasteiger partial charge >= 0.3 is 0 Å². The number of ether oxygens (including phenoxy) is 1. The Kier molecular flexibility index (Phi) is 4.67. The Morgan fingerprint density at radius 2 is 1.76 bits per heavy atom. The highest BCUT2D eigenvalue weighted by molar-refractivity contribution is 8.19. The summed E-state index contributed by atoms with van der Waals surface area (Å²) in [6.45, 7) is 0. The lowest BCUT2D eigenvalue weighted by molar-refractivity contribution is -0.116. The van der Waals surface area contributed by atoms with Crippen LogP contribution in [0.1, 0.15) is 5.56 Å². The summed E-state index contributed by atoms with van der Waals surface area (Å²) < 4.78 is 33.8. The molecule has 2 aliphatic heterocycles. The van der Waals surface area contributed by atoms with E-state index in [2.05, 4.69) is 9.71 Å². The maximum Gasteiger partial charge on any atom is 0.284 e. The van der Waals surface area contributed by atoms with Gasteiger partial charge in [0, 0.05) is 12.6 Å². The highest BCUT2D eigenvalue weighted by atomic mass is 32.2. The molecular formula is C19H15N3O5S2. The van der Waals surface area contributed by atoms with Crippen LogP contribution >= 0.6 is 11.8 Å². The first-order valence-electron chi connectivity index (χ1n) is 8.42. The van der Waals surface area contributed by atoms with E-state index in [0.717, 1.165) is 11.8 Å². The molecule has 2 heterocycles. The van der Waals surface area contributed by atoms with E-state index in [1.54, 1.807) is 31.3 Å². The van der Waals surface area contributed by atoms with Crippen LogP contribution in [0.5, 0.6) is 5.75 Å². The van der Waals surface area contributed by atoms with Crippen molar-refractivity contribution in [2.24, 2.45) is 4.40 Å². The normalized spacial score (nSPS) is 20.2. The third-order valence-electron chi connectivity index (χ3n) is 4.47. The average molecular weight is 429 g/mol. The number of hydrogen-bond donors (Lipinski definition) is 1. The zero-order valence-corrected chi connectivity index (χ0v) is 17.0. The van der Waals surface area contributed by atoms with Gasteiger partial charge in [0.25, 0.3) is 21.8 Å². The fourth-order valence-corrected chi connectivity index (χ4v) is 5.10. The number of nitrogens with one attached hydrogen (secondary N) is 1. The van der Waals surface area contributed by atoms with E-state index in [1.807, 2.05) is 0 Å². The summed E-state index contributed by atoms with van der Waals surface area (Å²) in [6.07, 6.45) is 0. The molecule has 10 heteroatoms. The first-order chi connectivity index (χ1) is 13.8. The predicted molar refractivity (Wildman–Crippen MR) is 110 cm³/mol. The summed E-state index contributed by atoms with van der Waals surface area (Å²) in [7, 11) is -0.949. The number of amidine groups is 1. The maximum absolute atomic E-state index is 12.7. The Hall–Kier alpha value is -3.11. The van der Waals surface area contributed by atoms with E-state index >= 15 is 0 Å². The van der Waals surface area contributed by atoms with E-state index in [0.29, 0.717) is 17.0 Å². The van der Waals surface area contributed by atoms with E-state index < -0.39 is 15.9 Å². The van der Waals surface area contributed by atoms with Crippen molar-refractivity contribution in [3.8, 4) is 5.75 Å². The Balaban J connectivity index is 1.71. The van der Waals surface area contributed by atoms with Crippen molar-refractivity contribution in [2.75, 3.05) is 19.1 Å². The van der Waals surface area contributed by atoms with Crippen LogP contribution in [0.3, 0.4) is 0 Å². The number of rotatable bonds is 3. The van der Waals surface area contributed by atoms with Crippen molar-refractivity contribution in [3.63, 3.8) is 0 Å². The fourth-order valence-electron chi connectivity index (χ4n) is 3.03. The van der Waals surface area contributed by atoms with Crippen LogP contribution in [-0.2, 0) is 19.6 Å². The topological polar surface area (TPSA) is 105 Å². The van der Waals surface area contributed by atoms with Crippen LogP contribution < -0.4 is 15.0 Å². The van der Waals surface area contributed by atoms with Crippen LogP contribution in [0.15, 0.2) is 62.7 Å². The monoisotopic (exact) mass is 429 g/mol. The zero-order chi connectivity index (χ0) is 20.8. The number of benzene rings is 2. The second-order valence-corrected chi connectivity index (χ2v) is 8.79. The van der Waals surface area contributed by atoms with Crippen molar-refractivity contribution in [2.45, 2.75) is 4.90 Å². The first kappa shape index (κ1) is 19.2. The van der Waals surface area contributed by atoms with Gasteiger partial charge in [0.1, 0.15) is 5.75 Å². The van der Waals surface area contributed by atoms with Gasteiger partial charge in [-0.2, -0.15) is 8.42 Å². The number of sulfonamides is 1. The molecular weight excluding hydrogens is 414 g/mol. The van der Waals surface area contributed by atoms with E-state index in [1.165, 1.54) is 36.3 Å². The van der Waals surface area contributed by atoms with Gasteiger partial charge < -0.3 is 9.64 Å². The lowest BCUT2D eigenvalue weighted by Gasteiger charge is -2.08. The summed E-state index contributed by atoms with van der Waals surface area (Å²) in [6, 6.07) is 12.8. The molecule has 2 aliphatic rings. The minimum atomic E-state index is -4.04. The molecule has 0 bridgehead atoms. The zero-order valence-electron chi connectivity index (χ0n) is 15.4. The molecule has 2 aromatic rings. The Labute approximate surface area is 171 Å². The number of nitrogens with zero attached hydrogens (tertiary/aromatic N) is 2. The molecule has 0 aromatic heterocycles. The number of likely N-dealkylation sites (N-methyl/N-ethyl adjacent to an activating group) is 1. The number of para-hydroxylation sites is 1. The summed E-state index contributed by atoms with van der Waals surface area (Å²) in [5, 5.41) is 2.33. The Morgan fingerprint density at radius 3 is 2.45 bits per heavy atom. The van der Waals surface area contributed by atoms with Gasteiger partial charge in [-0.05, 0) is 42.1 Å². The van der Waals surface area contributed by atoms with Crippen molar-refractivity contribution < 1.29 is 22.7 Å². The molecule has 4 rings (SSSR count). The van der Waals surface area contributed by atoms with Gasteiger partial charge in [-0.3, -0.25) is 14.9 Å². The van der Waals surface area contributed by atoms with Gasteiger partial charge in [0.2, 0.25) is 0 Å². The third kappa shape index (κ3) is 3.30. The lowest BCUT2D eigenvalue weighted by Crippen LogP contribution is -2.23. The molecule has 0 atom stereocenters. The van der Waals surface area contributed by atoms with Crippen molar-refractivity contribution in [3.05, 3.63) is 59.0 Å². The molecule has 29 heavy (non-hydrogen) atoms. The van der Waals surface area contributed by atoms with Crippen LogP contribution in [0.25, 0.3) is 5.57 Å². The number of carbonyl (C=O) groups is 2. The fraction of sp³-hybridized carbons (Fsp3) is 0.105. The van der Waals surface area contributed by atoms with E-state index in [4.69, 9.17) is 4.74 Å². The summed E-state index contributed by atoms with van der Waals surface area (Å²) in [5.41, 5.74) is 1.54. The summed E-state index contributed by atoms with van der Waals surface area (Å²) in [4.78, 5) is 26.7. The summed E-state index contributed by atoms with van der Waals surface area (Å²) in [5.74, 6) is -0.384. The van der Waals surface area contributed by atoms with Crippen LogP contribution in [0.4, 0.5) is 5.69 Å². The highest BCUT2D eigenvalue weighted by Crippen LogP contribution is 2.41. The quantitative estimate of drug-likeness (QED) is 0.748. The molecule has 0 spiro atoms. The standard InChI is InChI=1S/C19H15N3O5S2/c1-22-14-6-4-3-5-13(14)15(18(22)24)16-17(23)20-19(28-16)21-29(25,26)12-9-7-11(27-2)8-10-12/h3-10H,1-2H3,(H,20,21,23). The largest absolute Gasteiger partial charge is 0.497 e. The van der Waals surface area contributed by atoms with Crippen LogP contribution in [-0.4, -0.2) is 39.6 Å². The number of thioether (sulfide) groups is 1. The molecule has 2 aromatic carbocycles. The van der Waals surface area contributed by atoms with E-state index in [9.17, 15) is 18.0 Å². The molecule has 0 saturated carbocycles. The molecule has 8 nitrogen and oxygen atoms in total. The molecule has 0 radical (unpaired) electrons. The molecule has 1 fully saturated rings. The number of carbonyl (C=O) groups excluding carboxylic acids is 2. The number of methoxy groups -OCH3 is 1. The minimum Gasteiger partial charge on any atom is -0.497 e. The number of fused-ring (bicyclic) bond motifs is 1. The van der Waals surface area contributed by atoms with Crippen LogP contribution in [0, 0.1) is 0 Å². The van der Waals surface area contributed by atoms with Crippen molar-refractivity contribution in [1.82, 2.24) is 5.32 Å². The number of anilines is 1. The minimum absolute atomic E-state index is 0.0382. The molecule has 148 valence electrons. The molecule has 0 unspecified atom stereocenters. The van der Waals surface area contributed by atoms with Gasteiger partial charge in [0.05, 0.1) is 28.2 Å². The third-order valence-corrected chi connectivity index (χ3v) is 6.85. The van der Waals surface area contributed by atoms with Crippen molar-refractivity contribution >= 4 is 50.0 Å². The second-order valence-electron chi connectivity index (χ2n) is 6.19. The molecule has 1 N–H and O–H groups in total. The summed E-state index contributed by atoms with van der Waals surface area (Å²) >= 11 is 0.832. The Morgan fingerprint density at radius 1 is 1.07 bits per heavy atom. The predicted octanol–water partition coefficient (Wildman–Crippen LogP) is 1.99. The maximum atomic E-state index is 12.7. The lowest BCUT2D eigenvalue weighted by atomic mass is 10.1. The molecule has 2 amide bonds. The van der Waals surface area contributed by atoms with Crippen LogP contribution in [0.2, 0.25) is 0 Å². The van der Waals surface area contributed by atoms with Gasteiger partial charge in [-0.25, -0.2) is 0 Å². The van der Waals surface area contributed by atoms with Gasteiger partial charge in [-0.1, -0.05) is 18.2 Å². The Bertz CT molecular complexity index is 1200. The van der Waals surface area contributed by atoms with E-state index in [-0.39, 0.29) is 26.4 Å². The molecule has 0 aliphatic carbocycles. The highest BCUT2D eigenvalue weighted by Gasteiger charge is 2.38. The van der Waals surface area contributed by atoms with Crippen molar-refractivity contribution in [1.29, 1.82) is 0 Å². The smallest absolute Gasteiger partial charge is 0.284 e. The van der Waals surface area contributed by atoms with Gasteiger partial charge in [-0.15, -0.1) is 4.40 Å². The first-order valence-corrected chi connectivity index (χ1v) is 10.7. The van der Waals surface area contributed by atoms with Gasteiger partial charge in [0.15, 0.2) is 5.17 Å². The second kappa shape index (κ2) is 7.05. The number of hydrogen-bond acceptors (Lipinski definition) is 6. The average Bonchev–Trinajstić information content (AvgIpc) is 3.18. The number of amides is 2. The SMILES string of the molecule is COc1ccc(S(=O)(=O)N=C2NC(=O)C(=C3C(=O)N(C)c4ccccc43)S2)cc1.